The zero-order valence-electron chi connectivity index (χ0n) is 16.5. The van der Waals surface area contributed by atoms with E-state index in [4.69, 9.17) is 14.6 Å². The van der Waals surface area contributed by atoms with Gasteiger partial charge in [0.1, 0.15) is 16.7 Å². The van der Waals surface area contributed by atoms with Crippen LogP contribution in [0.25, 0.3) is 0 Å². The predicted octanol–water partition coefficient (Wildman–Crippen LogP) is 5.42. The molecule has 0 aliphatic heterocycles. The Morgan fingerprint density at radius 1 is 1.38 bits per heavy atom. The predicted molar refractivity (Wildman–Crippen MR) is 123 cm³/mol. The van der Waals surface area contributed by atoms with E-state index >= 15 is 0 Å². The second-order valence-corrected chi connectivity index (χ2v) is 9.02. The molecule has 0 amide bonds. The van der Waals surface area contributed by atoms with Crippen LogP contribution in [0.4, 0.5) is 0 Å². The second-order valence-electron chi connectivity index (χ2n) is 6.59. The van der Waals surface area contributed by atoms with Crippen molar-refractivity contribution < 1.29 is 19.4 Å². The third kappa shape index (κ3) is 8.22. The van der Waals surface area contributed by atoms with Gasteiger partial charge in [0.05, 0.1) is 0 Å². The first-order chi connectivity index (χ1) is 13.8. The molecule has 2 rings (SSSR count). The summed E-state index contributed by atoms with van der Waals surface area (Å²) >= 11 is 7.19. The average molecular weight is 524 g/mol. The number of alkyl halides is 1. The number of allylic oxidation sites excluding steroid dienone is 5. The van der Waals surface area contributed by atoms with Crippen molar-refractivity contribution in [2.24, 2.45) is 0 Å². The first kappa shape index (κ1) is 23.5. The van der Waals surface area contributed by atoms with Gasteiger partial charge in [-0.15, -0.1) is 0 Å². The average Bonchev–Trinajstić information content (AvgIpc) is 2.67. The number of carboxylic acids is 1. The molecule has 0 bridgehead atoms. The third-order valence-corrected chi connectivity index (χ3v) is 5.45. The van der Waals surface area contributed by atoms with Crippen molar-refractivity contribution in [1.82, 2.24) is 0 Å². The molecule has 0 fully saturated rings. The first-order valence-corrected chi connectivity index (χ1v) is 10.9. The lowest BCUT2D eigenvalue weighted by atomic mass is 10.0. The minimum absolute atomic E-state index is 0.325. The van der Waals surface area contributed by atoms with Crippen LogP contribution in [-0.2, 0) is 16.0 Å². The molecule has 0 spiro atoms. The fourth-order valence-electron chi connectivity index (χ4n) is 2.63. The van der Waals surface area contributed by atoms with Crippen molar-refractivity contribution in [3.63, 3.8) is 0 Å². The molecular weight excluding hydrogens is 500 g/mol. The third-order valence-electron chi connectivity index (χ3n) is 4.16. The number of hydrogen-bond donors (Lipinski definition) is 1. The van der Waals surface area contributed by atoms with Crippen molar-refractivity contribution in [3.05, 3.63) is 64.2 Å². The number of halogens is 2. The second kappa shape index (κ2) is 11.4. The van der Waals surface area contributed by atoms with Gasteiger partial charge >= 0.3 is 5.97 Å². The highest BCUT2D eigenvalue weighted by Crippen LogP contribution is 2.33. The number of carboxylic acid groups (broad SMARTS) is 1. The molecule has 0 saturated carbocycles. The number of ether oxygens (including phenoxy) is 2. The highest BCUT2D eigenvalue weighted by Gasteiger charge is 2.23. The monoisotopic (exact) mass is 522 g/mol. The Kier molecular flexibility index (Phi) is 9.22. The van der Waals surface area contributed by atoms with Crippen LogP contribution in [0.15, 0.2) is 58.6 Å². The lowest BCUT2D eigenvalue weighted by Crippen LogP contribution is -2.26. The maximum absolute atomic E-state index is 11.2. The molecule has 1 aromatic carbocycles. The molecule has 4 nitrogen and oxygen atoms in total. The molecule has 6 heteroatoms. The summed E-state index contributed by atoms with van der Waals surface area (Å²) in [5, 5.41) is 9.17. The number of rotatable bonds is 8. The van der Waals surface area contributed by atoms with Gasteiger partial charge in [-0.1, -0.05) is 74.1 Å². The summed E-state index contributed by atoms with van der Waals surface area (Å²) in [7, 11) is 0. The molecule has 1 aromatic rings. The maximum Gasteiger partial charge on any atom is 0.333 e. The van der Waals surface area contributed by atoms with Gasteiger partial charge in [0.2, 0.25) is 0 Å². The Labute approximate surface area is 188 Å². The van der Waals surface area contributed by atoms with Crippen molar-refractivity contribution in [3.8, 4) is 17.6 Å². The molecule has 1 unspecified atom stereocenters. The minimum Gasteiger partial charge on any atom is -0.490 e. The molecule has 0 radical (unpaired) electrons. The molecule has 1 aliphatic rings. The Hall–Kier alpha value is -1.81. The van der Waals surface area contributed by atoms with E-state index in [1.165, 1.54) is 0 Å². The Balaban J connectivity index is 1.87. The minimum atomic E-state index is -0.953. The normalized spacial score (nSPS) is 19.7. The van der Waals surface area contributed by atoms with Gasteiger partial charge in [0, 0.05) is 19.4 Å². The molecular formula is C23H24Br2O4. The fourth-order valence-corrected chi connectivity index (χ4v) is 4.15. The number of hydrogen-bond acceptors (Lipinski definition) is 3. The molecule has 1 aliphatic carbocycles. The van der Waals surface area contributed by atoms with Gasteiger partial charge in [0.15, 0.2) is 6.10 Å². The van der Waals surface area contributed by atoms with Crippen LogP contribution < -0.4 is 4.74 Å². The quantitative estimate of drug-likeness (QED) is 0.365. The topological polar surface area (TPSA) is 55.8 Å². The summed E-state index contributed by atoms with van der Waals surface area (Å²) in [6.07, 6.45) is 8.26. The van der Waals surface area contributed by atoms with Crippen LogP contribution in [0.5, 0.6) is 5.75 Å². The summed E-state index contributed by atoms with van der Waals surface area (Å²) < 4.78 is 11.7. The Bertz CT molecular complexity index is 859. The number of aliphatic carboxylic acids is 1. The number of carbonyl (C=O) groups is 1. The van der Waals surface area contributed by atoms with Gasteiger partial charge in [-0.3, -0.25) is 0 Å². The van der Waals surface area contributed by atoms with E-state index in [1.807, 2.05) is 55.5 Å². The van der Waals surface area contributed by atoms with Crippen molar-refractivity contribution in [2.45, 2.75) is 37.1 Å². The molecule has 1 N–H and O–H groups in total. The Morgan fingerprint density at radius 2 is 2.10 bits per heavy atom. The van der Waals surface area contributed by atoms with Crippen LogP contribution >= 0.6 is 31.9 Å². The van der Waals surface area contributed by atoms with E-state index < -0.39 is 12.1 Å². The van der Waals surface area contributed by atoms with E-state index in [0.717, 1.165) is 27.8 Å². The van der Waals surface area contributed by atoms with Gasteiger partial charge in [0.25, 0.3) is 0 Å². The van der Waals surface area contributed by atoms with E-state index in [2.05, 4.69) is 43.7 Å². The highest BCUT2D eigenvalue weighted by atomic mass is 79.9. The zero-order valence-corrected chi connectivity index (χ0v) is 19.6. The smallest absolute Gasteiger partial charge is 0.333 e. The van der Waals surface area contributed by atoms with Crippen LogP contribution in [-0.4, -0.2) is 34.7 Å². The molecule has 29 heavy (non-hydrogen) atoms. The van der Waals surface area contributed by atoms with Crippen LogP contribution in [0.2, 0.25) is 0 Å². The molecule has 0 aromatic heterocycles. The Morgan fingerprint density at radius 3 is 2.72 bits per heavy atom. The van der Waals surface area contributed by atoms with Crippen LogP contribution in [0.1, 0.15) is 25.8 Å². The van der Waals surface area contributed by atoms with E-state index in [1.54, 1.807) is 6.92 Å². The summed E-state index contributed by atoms with van der Waals surface area (Å²) in [5.41, 5.74) is 1.82. The number of benzene rings is 1. The highest BCUT2D eigenvalue weighted by molar-refractivity contribution is 9.12. The fraction of sp³-hybridized carbons (Fsp3) is 0.348. The van der Waals surface area contributed by atoms with Crippen LogP contribution in [0, 0.1) is 11.8 Å². The standard InChI is InChI=1S/C23H24Br2O4/c1-3-28-21(22(26)27)15-18-6-8-20(9-7-18)29-14-11-17(2)10-13-23(25)12-4-5-19(24)16-23/h4-9,11-12,21H,3,14-16H2,1-2H3,(H,26,27)/t21-,23?/m0/s1. The maximum atomic E-state index is 11.2. The van der Waals surface area contributed by atoms with Crippen molar-refractivity contribution in [1.29, 1.82) is 0 Å². The van der Waals surface area contributed by atoms with Gasteiger partial charge < -0.3 is 14.6 Å². The SMILES string of the molecule is CCO[C@@H](Cc1ccc(OCC=C(C)C#CC2(Br)C=CC=C(Br)C2)cc1)C(=O)O. The summed E-state index contributed by atoms with van der Waals surface area (Å²) in [5.74, 6) is 6.18. The summed E-state index contributed by atoms with van der Waals surface area (Å²) in [6.45, 7) is 4.51. The van der Waals surface area contributed by atoms with Crippen molar-refractivity contribution >= 4 is 37.8 Å². The molecule has 154 valence electrons. The van der Waals surface area contributed by atoms with Gasteiger partial charge in [-0.25, -0.2) is 4.79 Å². The zero-order chi connectivity index (χ0) is 21.3. The van der Waals surface area contributed by atoms with Gasteiger partial charge in [-0.2, -0.15) is 0 Å². The molecule has 0 saturated heterocycles. The lowest BCUT2D eigenvalue weighted by molar-refractivity contribution is -0.149. The van der Waals surface area contributed by atoms with E-state index in [-0.39, 0.29) is 4.32 Å². The van der Waals surface area contributed by atoms with E-state index in [9.17, 15) is 4.79 Å². The largest absolute Gasteiger partial charge is 0.490 e. The lowest BCUT2D eigenvalue weighted by Gasteiger charge is -2.19. The molecule has 0 heterocycles. The summed E-state index contributed by atoms with van der Waals surface area (Å²) in [6, 6.07) is 7.38. The first-order valence-electron chi connectivity index (χ1n) is 9.30. The summed E-state index contributed by atoms with van der Waals surface area (Å²) in [4.78, 5) is 11.2. The van der Waals surface area contributed by atoms with E-state index in [0.29, 0.717) is 19.6 Å². The van der Waals surface area contributed by atoms with Crippen molar-refractivity contribution in [2.75, 3.05) is 13.2 Å². The van der Waals surface area contributed by atoms with Gasteiger partial charge in [-0.05, 0) is 47.7 Å². The molecule has 2 atom stereocenters. The van der Waals surface area contributed by atoms with Crippen LogP contribution in [0.3, 0.4) is 0 Å².